The third-order valence-electron chi connectivity index (χ3n) is 5.52. The van der Waals surface area contributed by atoms with E-state index >= 15 is 0 Å². The number of benzene rings is 2. The highest BCUT2D eigenvalue weighted by Crippen LogP contribution is 2.16. The Kier molecular flexibility index (Phi) is 5.07. The monoisotopic (exact) mass is 393 g/mol. The van der Waals surface area contributed by atoms with Gasteiger partial charge in [0.1, 0.15) is 6.54 Å². The first-order valence-corrected chi connectivity index (χ1v) is 9.65. The zero-order valence-corrected chi connectivity index (χ0v) is 16.6. The number of aromatic nitrogens is 2. The van der Waals surface area contributed by atoms with Crippen molar-refractivity contribution >= 4 is 16.8 Å². The van der Waals surface area contributed by atoms with Gasteiger partial charge >= 0.3 is 5.69 Å². The molecule has 2 heterocycles. The summed E-state index contributed by atoms with van der Waals surface area (Å²) in [6.45, 7) is 5.68. The molecule has 150 valence electrons. The number of nitrogens with zero attached hydrogens (tertiary/aromatic N) is 3. The van der Waals surface area contributed by atoms with E-state index in [4.69, 9.17) is 4.74 Å². The Morgan fingerprint density at radius 1 is 1.00 bits per heavy atom. The molecule has 7 nitrogen and oxygen atoms in total. The summed E-state index contributed by atoms with van der Waals surface area (Å²) in [6, 6.07) is 12.4. The van der Waals surface area contributed by atoms with Gasteiger partial charge in [-0.3, -0.25) is 14.2 Å². The molecule has 0 N–H and O–H groups in total. The third kappa shape index (κ3) is 3.38. The Hall–Kier alpha value is -3.19. The van der Waals surface area contributed by atoms with Gasteiger partial charge in [-0.05, 0) is 43.2 Å². The molecular weight excluding hydrogens is 370 g/mol. The van der Waals surface area contributed by atoms with Gasteiger partial charge in [0.2, 0.25) is 5.91 Å². The molecule has 0 spiro atoms. The predicted molar refractivity (Wildman–Crippen MR) is 111 cm³/mol. The van der Waals surface area contributed by atoms with Crippen LogP contribution in [0.3, 0.4) is 0 Å². The normalized spacial score (nSPS) is 14.3. The second-order valence-corrected chi connectivity index (χ2v) is 7.24. The number of carbonyl (C=O) groups excluding carboxylic acids is 1. The Bertz CT molecular complexity index is 1200. The van der Waals surface area contributed by atoms with E-state index in [9.17, 15) is 14.4 Å². The van der Waals surface area contributed by atoms with E-state index in [1.54, 1.807) is 35.2 Å². The number of morpholine rings is 1. The summed E-state index contributed by atoms with van der Waals surface area (Å²) in [5.74, 6) is -0.160. The van der Waals surface area contributed by atoms with Crippen molar-refractivity contribution in [2.24, 2.45) is 0 Å². The van der Waals surface area contributed by atoms with Crippen molar-refractivity contribution in [2.75, 3.05) is 26.3 Å². The molecule has 29 heavy (non-hydrogen) atoms. The van der Waals surface area contributed by atoms with Crippen molar-refractivity contribution in [3.05, 3.63) is 74.4 Å². The molecule has 0 aliphatic carbocycles. The van der Waals surface area contributed by atoms with Gasteiger partial charge in [-0.1, -0.05) is 24.3 Å². The lowest BCUT2D eigenvalue weighted by atomic mass is 10.1. The van der Waals surface area contributed by atoms with Gasteiger partial charge < -0.3 is 9.64 Å². The summed E-state index contributed by atoms with van der Waals surface area (Å²) in [4.78, 5) is 41.1. The molecule has 1 saturated heterocycles. The molecule has 7 heteroatoms. The summed E-state index contributed by atoms with van der Waals surface area (Å²) >= 11 is 0. The summed E-state index contributed by atoms with van der Waals surface area (Å²) in [6.07, 6.45) is 0. The maximum atomic E-state index is 13.4. The highest BCUT2D eigenvalue weighted by Gasteiger charge is 2.21. The van der Waals surface area contributed by atoms with Gasteiger partial charge in [0.15, 0.2) is 0 Å². The van der Waals surface area contributed by atoms with E-state index in [-0.39, 0.29) is 18.0 Å². The molecule has 1 amide bonds. The summed E-state index contributed by atoms with van der Waals surface area (Å²) in [5, 5.41) is 0.405. The molecule has 3 aromatic rings. The molecule has 1 aliphatic rings. The quantitative estimate of drug-likeness (QED) is 0.678. The summed E-state index contributed by atoms with van der Waals surface area (Å²) < 4.78 is 7.88. The van der Waals surface area contributed by atoms with Crippen LogP contribution in [0.2, 0.25) is 0 Å². The van der Waals surface area contributed by atoms with Gasteiger partial charge in [0.25, 0.3) is 5.56 Å². The Balaban J connectivity index is 1.92. The van der Waals surface area contributed by atoms with E-state index in [2.05, 4.69) is 0 Å². The second kappa shape index (κ2) is 7.67. The number of amides is 1. The highest BCUT2D eigenvalue weighted by molar-refractivity contribution is 5.82. The van der Waals surface area contributed by atoms with E-state index in [1.807, 2.05) is 26.0 Å². The smallest absolute Gasteiger partial charge is 0.336 e. The zero-order valence-electron chi connectivity index (χ0n) is 16.6. The molecule has 0 atom stereocenters. The zero-order chi connectivity index (χ0) is 20.5. The highest BCUT2D eigenvalue weighted by atomic mass is 16.5. The predicted octanol–water partition coefficient (Wildman–Crippen LogP) is 1.63. The van der Waals surface area contributed by atoms with Crippen LogP contribution in [-0.4, -0.2) is 46.2 Å². The lowest BCUT2D eigenvalue weighted by Gasteiger charge is -2.27. The number of carbonyl (C=O) groups is 1. The number of para-hydroxylation sites is 1. The fourth-order valence-corrected chi connectivity index (χ4v) is 3.71. The number of aryl methyl sites for hydroxylation is 1. The minimum atomic E-state index is -0.510. The SMILES string of the molecule is Cc1cccc(-n2c(=O)c3ccccc3n(CC(=O)N3CCOCC3)c2=O)c1C. The van der Waals surface area contributed by atoms with Gasteiger partial charge in [-0.25, -0.2) is 9.36 Å². The van der Waals surface area contributed by atoms with Crippen molar-refractivity contribution in [1.29, 1.82) is 0 Å². The fourth-order valence-electron chi connectivity index (χ4n) is 3.71. The van der Waals surface area contributed by atoms with Crippen LogP contribution in [0.1, 0.15) is 11.1 Å². The van der Waals surface area contributed by atoms with Crippen molar-refractivity contribution in [3.63, 3.8) is 0 Å². The van der Waals surface area contributed by atoms with E-state index in [0.29, 0.717) is 42.9 Å². The number of fused-ring (bicyclic) bond motifs is 1. The molecule has 1 fully saturated rings. The van der Waals surface area contributed by atoms with Gasteiger partial charge in [0.05, 0.1) is 29.8 Å². The van der Waals surface area contributed by atoms with Crippen LogP contribution >= 0.6 is 0 Å². The Morgan fingerprint density at radius 2 is 1.72 bits per heavy atom. The molecule has 1 aromatic heterocycles. The Morgan fingerprint density at radius 3 is 2.48 bits per heavy atom. The van der Waals surface area contributed by atoms with Crippen molar-refractivity contribution in [2.45, 2.75) is 20.4 Å². The average molecular weight is 393 g/mol. The Labute approximate surface area is 167 Å². The fraction of sp³-hybridized carbons (Fsp3) is 0.318. The van der Waals surface area contributed by atoms with E-state index in [0.717, 1.165) is 11.1 Å². The first kappa shape index (κ1) is 19.1. The van der Waals surface area contributed by atoms with Gasteiger partial charge in [0, 0.05) is 13.1 Å². The van der Waals surface area contributed by atoms with Crippen molar-refractivity contribution in [3.8, 4) is 5.69 Å². The number of ether oxygens (including phenoxy) is 1. The van der Waals surface area contributed by atoms with E-state index < -0.39 is 5.69 Å². The lowest BCUT2D eigenvalue weighted by molar-refractivity contribution is -0.135. The largest absolute Gasteiger partial charge is 0.378 e. The number of hydrogen-bond donors (Lipinski definition) is 0. The first-order valence-electron chi connectivity index (χ1n) is 9.65. The minimum absolute atomic E-state index is 0.121. The molecule has 4 rings (SSSR count). The van der Waals surface area contributed by atoms with E-state index in [1.165, 1.54) is 9.13 Å². The lowest BCUT2D eigenvalue weighted by Crippen LogP contribution is -2.46. The average Bonchev–Trinajstić information content (AvgIpc) is 2.74. The second-order valence-electron chi connectivity index (χ2n) is 7.24. The molecule has 1 aliphatic heterocycles. The van der Waals surface area contributed by atoms with Crippen molar-refractivity contribution in [1.82, 2.24) is 14.0 Å². The molecule has 0 radical (unpaired) electrons. The number of hydrogen-bond acceptors (Lipinski definition) is 4. The summed E-state index contributed by atoms with van der Waals surface area (Å²) in [5.41, 5.74) is 1.95. The van der Waals surface area contributed by atoms with Gasteiger partial charge in [-0.15, -0.1) is 0 Å². The van der Waals surface area contributed by atoms with Gasteiger partial charge in [-0.2, -0.15) is 0 Å². The topological polar surface area (TPSA) is 73.5 Å². The number of rotatable bonds is 3. The molecule has 0 unspecified atom stereocenters. The van der Waals surface area contributed by atoms with Crippen LogP contribution in [0.5, 0.6) is 0 Å². The maximum Gasteiger partial charge on any atom is 0.336 e. The summed E-state index contributed by atoms with van der Waals surface area (Å²) in [7, 11) is 0. The van der Waals surface area contributed by atoms with Crippen LogP contribution in [0.4, 0.5) is 0 Å². The van der Waals surface area contributed by atoms with Crippen LogP contribution in [0.25, 0.3) is 16.6 Å². The molecule has 2 aromatic carbocycles. The standard InChI is InChI=1S/C22H23N3O4/c1-15-6-5-9-18(16(15)2)25-21(27)17-7-3-4-8-19(17)24(22(25)28)14-20(26)23-10-12-29-13-11-23/h3-9H,10-14H2,1-2H3. The van der Waals surface area contributed by atoms with Crippen LogP contribution in [0.15, 0.2) is 52.1 Å². The maximum absolute atomic E-state index is 13.4. The molecule has 0 saturated carbocycles. The van der Waals surface area contributed by atoms with Crippen LogP contribution in [-0.2, 0) is 16.1 Å². The van der Waals surface area contributed by atoms with Crippen LogP contribution < -0.4 is 11.2 Å². The molecular formula is C22H23N3O4. The third-order valence-corrected chi connectivity index (χ3v) is 5.52. The van der Waals surface area contributed by atoms with Crippen LogP contribution in [0, 0.1) is 13.8 Å². The molecule has 0 bridgehead atoms. The first-order chi connectivity index (χ1) is 14.0. The van der Waals surface area contributed by atoms with Crippen molar-refractivity contribution < 1.29 is 9.53 Å². The minimum Gasteiger partial charge on any atom is -0.378 e.